The van der Waals surface area contributed by atoms with Crippen LogP contribution in [0, 0.1) is 0 Å². The number of amides is 3. The van der Waals surface area contributed by atoms with E-state index < -0.39 is 29.2 Å². The van der Waals surface area contributed by atoms with Gasteiger partial charge in [0, 0.05) is 16.9 Å². The lowest BCUT2D eigenvalue weighted by atomic mass is 10.0. The van der Waals surface area contributed by atoms with E-state index in [2.05, 4.69) is 31.0 Å². The van der Waals surface area contributed by atoms with Crippen molar-refractivity contribution in [3.63, 3.8) is 0 Å². The van der Waals surface area contributed by atoms with Crippen LogP contribution < -0.4 is 10.6 Å². The first-order chi connectivity index (χ1) is 17.4. The molecule has 13 nitrogen and oxygen atoms in total. The summed E-state index contributed by atoms with van der Waals surface area (Å²) in [6, 6.07) is -0.973. The number of carbonyl (C=O) groups is 4. The van der Waals surface area contributed by atoms with Crippen LogP contribution in [0.1, 0.15) is 5.69 Å². The number of carboxylic acids is 1. The Bertz CT molecular complexity index is 1220. The first-order valence-electron chi connectivity index (χ1n) is 9.96. The lowest BCUT2D eigenvalue weighted by Crippen LogP contribution is -2.71. The summed E-state index contributed by atoms with van der Waals surface area (Å²) >= 11 is 10.7. The average Bonchev–Trinajstić information content (AvgIpc) is 3.55. The number of fused-ring (bicyclic) bond motifs is 1. The van der Waals surface area contributed by atoms with Gasteiger partial charge in [0.15, 0.2) is 15.2 Å². The number of β-lactam (4-membered cyclic amide) rings is 1. The Balaban J connectivity index is 1.49. The Morgan fingerprint density at radius 1 is 1.42 bits per heavy atom. The minimum absolute atomic E-state index is 0.0289. The molecule has 0 radical (unpaired) electrons. The van der Waals surface area contributed by atoms with Gasteiger partial charge in [-0.3, -0.25) is 19.3 Å². The molecule has 2 atom stereocenters. The number of aromatic nitrogens is 3. The van der Waals surface area contributed by atoms with Gasteiger partial charge in [-0.15, -0.1) is 44.9 Å². The van der Waals surface area contributed by atoms with Crippen molar-refractivity contribution < 1.29 is 29.1 Å². The van der Waals surface area contributed by atoms with E-state index in [1.807, 2.05) is 0 Å². The molecule has 4 heterocycles. The second-order valence-electron chi connectivity index (χ2n) is 6.87. The molecule has 1 unspecified atom stereocenters. The average molecular weight is 590 g/mol. The predicted molar refractivity (Wildman–Crippen MR) is 135 cm³/mol. The monoisotopic (exact) mass is 589 g/mol. The number of nitrogens with one attached hydrogen (secondary N) is 2. The van der Waals surface area contributed by atoms with E-state index >= 15 is 0 Å². The molecule has 18 heteroatoms. The van der Waals surface area contributed by atoms with Crippen molar-refractivity contribution >= 4 is 92.8 Å². The normalized spacial score (nSPS) is 19.4. The Morgan fingerprint density at radius 2 is 2.25 bits per heavy atom. The van der Waals surface area contributed by atoms with Gasteiger partial charge in [-0.05, 0) is 5.57 Å². The zero-order valence-corrected chi connectivity index (χ0v) is 22.0. The third-order valence-electron chi connectivity index (χ3n) is 4.71. The minimum atomic E-state index is -1.22. The molecule has 4 rings (SSSR count). The third kappa shape index (κ3) is 5.64. The maximum atomic E-state index is 13.0. The predicted octanol–water partition coefficient (Wildman–Crippen LogP) is 1.05. The Morgan fingerprint density at radius 3 is 2.94 bits per heavy atom. The number of hydrogen-bond acceptors (Lipinski definition) is 13. The molecule has 2 aliphatic rings. The first kappa shape index (κ1) is 26.3. The fraction of sp³-hybridized carbons (Fsp3) is 0.333. The molecular weight excluding hydrogens is 574 g/mol. The number of carbonyl (C=O) groups excluding carboxylic acids is 3. The zero-order valence-electron chi connectivity index (χ0n) is 18.0. The van der Waals surface area contributed by atoms with Crippen molar-refractivity contribution in [1.29, 1.82) is 0 Å². The quantitative estimate of drug-likeness (QED) is 0.0613. The molecule has 2 aromatic rings. The fourth-order valence-electron chi connectivity index (χ4n) is 3.23. The molecule has 3 amide bonds. The Labute approximate surface area is 224 Å². The number of anilines is 1. The van der Waals surface area contributed by atoms with Gasteiger partial charge in [-0.2, -0.15) is 0 Å². The lowest BCUT2D eigenvalue weighted by Gasteiger charge is -2.49. The summed E-state index contributed by atoms with van der Waals surface area (Å²) in [5.41, 5.74) is 1.98. The number of thiazole rings is 1. The smallest absolute Gasteiger partial charge is 0.352 e. The van der Waals surface area contributed by atoms with Crippen LogP contribution in [-0.4, -0.2) is 90.5 Å². The highest BCUT2D eigenvalue weighted by atomic mass is 35.5. The highest BCUT2D eigenvalue weighted by Gasteiger charge is 2.54. The Hall–Kier alpha value is -2.73. The summed E-state index contributed by atoms with van der Waals surface area (Å²) in [6.45, 7) is 0.0289. The van der Waals surface area contributed by atoms with Crippen LogP contribution in [0.3, 0.4) is 0 Å². The Kier molecular flexibility index (Phi) is 8.78. The first-order valence-corrected chi connectivity index (χ1v) is 14.3. The van der Waals surface area contributed by atoms with Crippen molar-refractivity contribution in [3.8, 4) is 0 Å². The fourth-order valence-corrected chi connectivity index (χ4v) is 6.92. The van der Waals surface area contributed by atoms with Crippen LogP contribution in [-0.2, 0) is 24.0 Å². The van der Waals surface area contributed by atoms with Crippen molar-refractivity contribution in [1.82, 2.24) is 25.4 Å². The van der Waals surface area contributed by atoms with Crippen molar-refractivity contribution in [3.05, 3.63) is 27.9 Å². The molecule has 0 aromatic carbocycles. The number of halogens is 1. The SMILES string of the molecule is O=CNc1nc(C(=NOCCCl)C(=O)NC2C(=O)N3C(C(=O)O)=C(CSc4nncs4)CS[C@H]23)cs1. The molecule has 190 valence electrons. The summed E-state index contributed by atoms with van der Waals surface area (Å²) in [6.07, 6.45) is 0.444. The molecule has 0 aliphatic carbocycles. The summed E-state index contributed by atoms with van der Waals surface area (Å²) in [5.74, 6) is -1.69. The number of thioether (sulfide) groups is 2. The van der Waals surface area contributed by atoms with Crippen LogP contribution in [0.2, 0.25) is 0 Å². The number of nitrogens with zero attached hydrogens (tertiary/aromatic N) is 5. The van der Waals surface area contributed by atoms with Gasteiger partial charge in [-0.25, -0.2) is 9.78 Å². The number of hydrogen-bond donors (Lipinski definition) is 3. The maximum absolute atomic E-state index is 13.0. The van der Waals surface area contributed by atoms with E-state index in [4.69, 9.17) is 16.4 Å². The van der Waals surface area contributed by atoms with E-state index in [1.165, 1.54) is 45.1 Å². The third-order valence-corrected chi connectivity index (χ3v) is 8.93. The molecule has 36 heavy (non-hydrogen) atoms. The van der Waals surface area contributed by atoms with Crippen LogP contribution in [0.5, 0.6) is 0 Å². The molecule has 0 saturated carbocycles. The molecule has 2 aliphatic heterocycles. The summed E-state index contributed by atoms with van der Waals surface area (Å²) < 4.78 is 0.691. The molecule has 2 aromatic heterocycles. The van der Waals surface area contributed by atoms with Gasteiger partial charge >= 0.3 is 5.97 Å². The largest absolute Gasteiger partial charge is 0.477 e. The zero-order chi connectivity index (χ0) is 25.7. The van der Waals surface area contributed by atoms with Gasteiger partial charge in [0.05, 0.1) is 5.88 Å². The van der Waals surface area contributed by atoms with Crippen molar-refractivity contribution in [2.24, 2.45) is 5.16 Å². The molecule has 1 fully saturated rings. The molecule has 0 spiro atoms. The van der Waals surface area contributed by atoms with Gasteiger partial charge in [-0.1, -0.05) is 28.3 Å². The summed E-state index contributed by atoms with van der Waals surface area (Å²) in [7, 11) is 0. The van der Waals surface area contributed by atoms with Gasteiger partial charge < -0.3 is 20.6 Å². The summed E-state index contributed by atoms with van der Waals surface area (Å²) in [4.78, 5) is 59.0. The maximum Gasteiger partial charge on any atom is 0.352 e. The number of oxime groups is 1. The van der Waals surface area contributed by atoms with Gasteiger partial charge in [0.1, 0.15) is 34.9 Å². The molecule has 0 bridgehead atoms. The van der Waals surface area contributed by atoms with Crippen LogP contribution >= 0.6 is 57.8 Å². The van der Waals surface area contributed by atoms with Crippen molar-refractivity contribution in [2.75, 3.05) is 29.3 Å². The van der Waals surface area contributed by atoms with Crippen molar-refractivity contribution in [2.45, 2.75) is 15.8 Å². The second-order valence-corrected chi connectivity index (χ2v) is 11.3. The lowest BCUT2D eigenvalue weighted by molar-refractivity contribution is -0.150. The summed E-state index contributed by atoms with van der Waals surface area (Å²) in [5, 5.41) is 27.4. The topological polar surface area (TPSA) is 176 Å². The number of aliphatic carboxylic acids is 1. The minimum Gasteiger partial charge on any atom is -0.477 e. The van der Waals surface area contributed by atoms with E-state index in [0.29, 0.717) is 27.8 Å². The number of carboxylic acid groups (broad SMARTS) is 1. The van der Waals surface area contributed by atoms with Crippen LogP contribution in [0.25, 0.3) is 0 Å². The van der Waals surface area contributed by atoms with Crippen LogP contribution in [0.4, 0.5) is 5.13 Å². The van der Waals surface area contributed by atoms with Crippen LogP contribution in [0.15, 0.2) is 31.7 Å². The highest BCUT2D eigenvalue weighted by Crippen LogP contribution is 2.41. The second kappa shape index (κ2) is 12.0. The van der Waals surface area contributed by atoms with E-state index in [0.717, 1.165) is 11.3 Å². The van der Waals surface area contributed by atoms with E-state index in [-0.39, 0.29) is 34.7 Å². The van der Waals surface area contributed by atoms with Gasteiger partial charge in [0.2, 0.25) is 6.41 Å². The molecule has 3 N–H and O–H groups in total. The van der Waals surface area contributed by atoms with Gasteiger partial charge in [0.25, 0.3) is 11.8 Å². The molecular formula is C18H16ClN7O6S4. The van der Waals surface area contributed by atoms with E-state index in [9.17, 15) is 24.3 Å². The number of rotatable bonds is 12. The van der Waals surface area contributed by atoms with E-state index in [1.54, 1.807) is 5.51 Å². The molecule has 1 saturated heterocycles. The highest BCUT2D eigenvalue weighted by molar-refractivity contribution is 8.01. The standard InChI is InChI=1S/C18H16ClN7O6S4/c19-1-2-32-25-10(9-5-34-17(22-9)20-6-27)13(28)23-11-14(29)26-12(16(30)31)8(3-33-15(11)26)4-35-18-24-21-7-36-18/h5-7,11,15H,1-4H2,(H,23,28)(H,30,31)(H,20,22,27)/t11?,15-/m1/s1. The number of alkyl halides is 1.